The number of carbonyl (C=O) groups excluding carboxylic acids is 1. The summed E-state index contributed by atoms with van der Waals surface area (Å²) in [7, 11) is 0. The van der Waals surface area contributed by atoms with Crippen molar-refractivity contribution in [1.29, 1.82) is 0 Å². The summed E-state index contributed by atoms with van der Waals surface area (Å²) < 4.78 is 13.4. The van der Waals surface area contributed by atoms with Gasteiger partial charge in [0, 0.05) is 19.6 Å². The van der Waals surface area contributed by atoms with Crippen LogP contribution in [-0.4, -0.2) is 37.0 Å². The number of benzene rings is 1. The van der Waals surface area contributed by atoms with Gasteiger partial charge < -0.3 is 10.2 Å². The second-order valence-corrected chi connectivity index (χ2v) is 6.20. The summed E-state index contributed by atoms with van der Waals surface area (Å²) in [4.78, 5) is 14.2. The van der Waals surface area contributed by atoms with E-state index in [2.05, 4.69) is 5.32 Å². The molecule has 1 spiro atoms. The van der Waals surface area contributed by atoms with E-state index in [0.29, 0.717) is 5.41 Å². The lowest BCUT2D eigenvalue weighted by molar-refractivity contribution is 0.0607. The van der Waals surface area contributed by atoms with Crippen LogP contribution in [0.5, 0.6) is 0 Å². The third-order valence-electron chi connectivity index (χ3n) is 4.63. The molecule has 0 aromatic heterocycles. The standard InChI is InChI=1S/C15H18ClFN2O/c16-13-11(2-1-3-12(13)17)14(20)19-8-5-15(6-9-19)4-7-18-10-15/h1-3,18H,4-10H2. The molecule has 0 aliphatic carbocycles. The number of amides is 1. The Kier molecular flexibility index (Phi) is 3.69. The topological polar surface area (TPSA) is 32.3 Å². The van der Waals surface area contributed by atoms with Crippen molar-refractivity contribution in [1.82, 2.24) is 10.2 Å². The Balaban J connectivity index is 1.71. The molecule has 0 radical (unpaired) electrons. The van der Waals surface area contributed by atoms with Crippen LogP contribution >= 0.6 is 11.6 Å². The van der Waals surface area contributed by atoms with Crippen molar-refractivity contribution >= 4 is 17.5 Å². The molecule has 1 aromatic carbocycles. The second kappa shape index (κ2) is 5.34. The van der Waals surface area contributed by atoms with Crippen molar-refractivity contribution in [3.8, 4) is 0 Å². The molecule has 0 unspecified atom stereocenters. The zero-order valence-corrected chi connectivity index (χ0v) is 12.0. The van der Waals surface area contributed by atoms with Crippen molar-refractivity contribution in [2.45, 2.75) is 19.3 Å². The molecule has 3 nitrogen and oxygen atoms in total. The second-order valence-electron chi connectivity index (χ2n) is 5.82. The minimum Gasteiger partial charge on any atom is -0.339 e. The van der Waals surface area contributed by atoms with Crippen molar-refractivity contribution < 1.29 is 9.18 Å². The molecule has 2 fully saturated rings. The van der Waals surface area contributed by atoms with Gasteiger partial charge in [-0.3, -0.25) is 4.79 Å². The Labute approximate surface area is 123 Å². The fourth-order valence-corrected chi connectivity index (χ4v) is 3.45. The maximum absolute atomic E-state index is 13.4. The molecule has 3 rings (SSSR count). The first-order valence-corrected chi connectivity index (χ1v) is 7.43. The van der Waals surface area contributed by atoms with E-state index in [-0.39, 0.29) is 16.5 Å². The van der Waals surface area contributed by atoms with E-state index in [1.165, 1.54) is 18.6 Å². The number of rotatable bonds is 1. The number of nitrogens with one attached hydrogen (secondary N) is 1. The molecular formula is C15H18ClFN2O. The Bertz CT molecular complexity index is 519. The number of likely N-dealkylation sites (tertiary alicyclic amines) is 1. The molecule has 2 saturated heterocycles. The van der Waals surface area contributed by atoms with Gasteiger partial charge in [0.25, 0.3) is 5.91 Å². The number of carbonyl (C=O) groups is 1. The maximum atomic E-state index is 13.4. The zero-order valence-electron chi connectivity index (χ0n) is 11.3. The normalized spacial score (nSPS) is 21.4. The molecule has 2 aliphatic heterocycles. The summed E-state index contributed by atoms with van der Waals surface area (Å²) in [5.74, 6) is -0.693. The van der Waals surface area contributed by atoms with Crippen molar-refractivity contribution in [3.05, 3.63) is 34.6 Å². The highest BCUT2D eigenvalue weighted by Gasteiger charge is 2.38. The van der Waals surface area contributed by atoms with E-state index in [4.69, 9.17) is 11.6 Å². The number of halogens is 2. The van der Waals surface area contributed by atoms with E-state index in [1.54, 1.807) is 11.0 Å². The van der Waals surface area contributed by atoms with Gasteiger partial charge in [0.15, 0.2) is 0 Å². The maximum Gasteiger partial charge on any atom is 0.255 e. The highest BCUT2D eigenvalue weighted by molar-refractivity contribution is 6.34. The van der Waals surface area contributed by atoms with Crippen LogP contribution in [0.25, 0.3) is 0 Å². The summed E-state index contributed by atoms with van der Waals surface area (Å²) in [5.41, 5.74) is 0.634. The lowest BCUT2D eigenvalue weighted by Crippen LogP contribution is -2.44. The molecule has 2 aliphatic rings. The molecule has 20 heavy (non-hydrogen) atoms. The van der Waals surface area contributed by atoms with E-state index in [1.807, 2.05) is 0 Å². The highest BCUT2D eigenvalue weighted by atomic mass is 35.5. The third-order valence-corrected chi connectivity index (χ3v) is 5.01. The summed E-state index contributed by atoms with van der Waals surface area (Å²) in [6.45, 7) is 3.58. The third kappa shape index (κ3) is 2.42. The molecule has 1 aromatic rings. The molecule has 5 heteroatoms. The van der Waals surface area contributed by atoms with Crippen LogP contribution in [0.3, 0.4) is 0 Å². The van der Waals surface area contributed by atoms with E-state index < -0.39 is 5.82 Å². The quantitative estimate of drug-likeness (QED) is 0.864. The SMILES string of the molecule is O=C(c1cccc(F)c1Cl)N1CCC2(CCNC2)CC1. The predicted octanol–water partition coefficient (Wildman–Crippen LogP) is 2.69. The molecule has 0 bridgehead atoms. The van der Waals surface area contributed by atoms with Gasteiger partial charge in [0.1, 0.15) is 5.82 Å². The number of piperidine rings is 1. The summed E-state index contributed by atoms with van der Waals surface area (Å²) in [6.07, 6.45) is 3.22. The molecule has 2 heterocycles. The number of hydrogen-bond acceptors (Lipinski definition) is 2. The average molecular weight is 297 g/mol. The Morgan fingerprint density at radius 2 is 2.05 bits per heavy atom. The van der Waals surface area contributed by atoms with Crippen molar-refractivity contribution in [2.24, 2.45) is 5.41 Å². The Morgan fingerprint density at radius 3 is 2.70 bits per heavy atom. The van der Waals surface area contributed by atoms with Gasteiger partial charge >= 0.3 is 0 Å². The number of hydrogen-bond donors (Lipinski definition) is 1. The largest absolute Gasteiger partial charge is 0.339 e. The van der Waals surface area contributed by atoms with Crippen LogP contribution in [0.4, 0.5) is 4.39 Å². The minimum absolute atomic E-state index is 0.0691. The lowest BCUT2D eigenvalue weighted by atomic mass is 9.78. The first-order chi connectivity index (χ1) is 9.61. The van der Waals surface area contributed by atoms with Gasteiger partial charge in [-0.15, -0.1) is 0 Å². The van der Waals surface area contributed by atoms with Gasteiger partial charge in [0.05, 0.1) is 10.6 Å². The van der Waals surface area contributed by atoms with Gasteiger partial charge in [-0.25, -0.2) is 4.39 Å². The molecule has 0 saturated carbocycles. The monoisotopic (exact) mass is 296 g/mol. The zero-order chi connectivity index (χ0) is 14.2. The minimum atomic E-state index is -0.536. The fourth-order valence-electron chi connectivity index (χ4n) is 3.25. The number of nitrogens with zero attached hydrogens (tertiary/aromatic N) is 1. The van der Waals surface area contributed by atoms with E-state index in [9.17, 15) is 9.18 Å². The van der Waals surface area contributed by atoms with Crippen molar-refractivity contribution in [2.75, 3.05) is 26.2 Å². The summed E-state index contributed by atoms with van der Waals surface area (Å²) in [5, 5.41) is 3.33. The lowest BCUT2D eigenvalue weighted by Gasteiger charge is -2.39. The molecule has 1 amide bonds. The van der Waals surface area contributed by atoms with Crippen LogP contribution in [0, 0.1) is 11.2 Å². The first-order valence-electron chi connectivity index (χ1n) is 7.05. The van der Waals surface area contributed by atoms with Crippen LogP contribution in [0.15, 0.2) is 18.2 Å². The van der Waals surface area contributed by atoms with E-state index in [0.717, 1.165) is 39.0 Å². The van der Waals surface area contributed by atoms with Crippen LogP contribution < -0.4 is 5.32 Å². The molecular weight excluding hydrogens is 279 g/mol. The van der Waals surface area contributed by atoms with E-state index >= 15 is 0 Å². The van der Waals surface area contributed by atoms with Gasteiger partial charge in [-0.05, 0) is 43.4 Å². The van der Waals surface area contributed by atoms with Gasteiger partial charge in [-0.2, -0.15) is 0 Å². The van der Waals surface area contributed by atoms with Crippen molar-refractivity contribution in [3.63, 3.8) is 0 Å². The molecule has 1 N–H and O–H groups in total. The average Bonchev–Trinajstić information content (AvgIpc) is 2.90. The smallest absolute Gasteiger partial charge is 0.255 e. The summed E-state index contributed by atoms with van der Waals surface area (Å²) >= 11 is 5.90. The van der Waals surface area contributed by atoms with Gasteiger partial charge in [0.2, 0.25) is 0 Å². The van der Waals surface area contributed by atoms with Gasteiger partial charge in [-0.1, -0.05) is 17.7 Å². The molecule has 0 atom stereocenters. The predicted molar refractivity (Wildman–Crippen MR) is 76.5 cm³/mol. The fraction of sp³-hybridized carbons (Fsp3) is 0.533. The van der Waals surface area contributed by atoms with Crippen LogP contribution in [-0.2, 0) is 0 Å². The van der Waals surface area contributed by atoms with Crippen LogP contribution in [0.2, 0.25) is 5.02 Å². The first kappa shape index (κ1) is 13.8. The van der Waals surface area contributed by atoms with Crippen LogP contribution in [0.1, 0.15) is 29.6 Å². The highest BCUT2D eigenvalue weighted by Crippen LogP contribution is 2.37. The Morgan fingerprint density at radius 1 is 1.30 bits per heavy atom. The summed E-state index contributed by atoms with van der Waals surface area (Å²) in [6, 6.07) is 4.39. The Hall–Kier alpha value is -1.13. The molecule has 108 valence electrons.